The van der Waals surface area contributed by atoms with Gasteiger partial charge in [-0.15, -0.1) is 21.5 Å². The van der Waals surface area contributed by atoms with Crippen LogP contribution < -0.4 is 10.1 Å². The SMILES string of the molecule is COc1ccc(NC(=O)c2nnc(COC(=O)/C=C/c3ccc(C)s3)s2)cc1. The van der Waals surface area contributed by atoms with Crippen molar-refractivity contribution < 1.29 is 19.1 Å². The number of nitrogens with one attached hydrogen (secondary N) is 1. The van der Waals surface area contributed by atoms with Crippen LogP contribution in [0.4, 0.5) is 5.69 Å². The van der Waals surface area contributed by atoms with Crippen molar-refractivity contribution in [1.29, 1.82) is 0 Å². The number of methoxy groups -OCH3 is 1. The Labute approximate surface area is 169 Å². The number of ether oxygens (including phenoxy) is 2. The van der Waals surface area contributed by atoms with Crippen molar-refractivity contribution in [2.75, 3.05) is 12.4 Å². The first kappa shape index (κ1) is 19.7. The van der Waals surface area contributed by atoms with Crippen molar-refractivity contribution in [3.05, 3.63) is 62.2 Å². The van der Waals surface area contributed by atoms with Crippen LogP contribution in [0.5, 0.6) is 5.75 Å². The van der Waals surface area contributed by atoms with Gasteiger partial charge in [0.15, 0.2) is 5.01 Å². The van der Waals surface area contributed by atoms with Crippen molar-refractivity contribution in [2.24, 2.45) is 0 Å². The number of amides is 1. The molecule has 0 aliphatic heterocycles. The summed E-state index contributed by atoms with van der Waals surface area (Å²) in [4.78, 5) is 26.2. The summed E-state index contributed by atoms with van der Waals surface area (Å²) in [5.74, 6) is -0.167. The van der Waals surface area contributed by atoms with Crippen LogP contribution in [-0.2, 0) is 16.1 Å². The number of aromatic nitrogens is 2. The molecule has 7 nitrogen and oxygen atoms in total. The number of carbonyl (C=O) groups excluding carboxylic acids is 2. The van der Waals surface area contributed by atoms with Gasteiger partial charge in [0.1, 0.15) is 12.4 Å². The molecule has 0 radical (unpaired) electrons. The minimum absolute atomic E-state index is 0.0415. The number of esters is 1. The zero-order valence-corrected chi connectivity index (χ0v) is 16.8. The van der Waals surface area contributed by atoms with Gasteiger partial charge >= 0.3 is 5.97 Å². The van der Waals surface area contributed by atoms with E-state index in [-0.39, 0.29) is 17.5 Å². The van der Waals surface area contributed by atoms with E-state index in [1.807, 2.05) is 19.1 Å². The second-order valence-corrected chi connectivity index (χ2v) is 7.95. The second-order valence-electron chi connectivity index (χ2n) is 5.57. The Morgan fingerprint density at radius 2 is 1.89 bits per heavy atom. The molecule has 0 spiro atoms. The first-order valence-electron chi connectivity index (χ1n) is 8.22. The zero-order valence-electron chi connectivity index (χ0n) is 15.2. The van der Waals surface area contributed by atoms with Gasteiger partial charge in [0.05, 0.1) is 7.11 Å². The molecule has 0 bridgehead atoms. The monoisotopic (exact) mass is 415 g/mol. The van der Waals surface area contributed by atoms with Crippen LogP contribution in [0, 0.1) is 6.92 Å². The average Bonchev–Trinajstić information content (AvgIpc) is 3.34. The van der Waals surface area contributed by atoms with Crippen LogP contribution in [0.2, 0.25) is 0 Å². The van der Waals surface area contributed by atoms with E-state index in [9.17, 15) is 9.59 Å². The summed E-state index contributed by atoms with van der Waals surface area (Å²) in [6.45, 7) is 1.96. The molecule has 0 fully saturated rings. The molecule has 144 valence electrons. The molecule has 2 heterocycles. The largest absolute Gasteiger partial charge is 0.497 e. The Bertz CT molecular complexity index is 993. The fourth-order valence-corrected chi connectivity index (χ4v) is 3.56. The molecule has 0 aliphatic carbocycles. The topological polar surface area (TPSA) is 90.4 Å². The Hall–Kier alpha value is -3.04. The van der Waals surface area contributed by atoms with Crippen LogP contribution in [-0.4, -0.2) is 29.2 Å². The lowest BCUT2D eigenvalue weighted by molar-refractivity contribution is -0.138. The van der Waals surface area contributed by atoms with E-state index >= 15 is 0 Å². The minimum atomic E-state index is -0.481. The average molecular weight is 415 g/mol. The Morgan fingerprint density at radius 3 is 2.57 bits per heavy atom. The summed E-state index contributed by atoms with van der Waals surface area (Å²) in [5, 5.41) is 11.1. The van der Waals surface area contributed by atoms with Crippen LogP contribution in [0.1, 0.15) is 24.6 Å². The van der Waals surface area contributed by atoms with Gasteiger partial charge in [0.2, 0.25) is 5.01 Å². The van der Waals surface area contributed by atoms with Crippen molar-refractivity contribution in [1.82, 2.24) is 10.2 Å². The quantitative estimate of drug-likeness (QED) is 0.465. The lowest BCUT2D eigenvalue weighted by Gasteiger charge is -2.03. The minimum Gasteiger partial charge on any atom is -0.497 e. The van der Waals surface area contributed by atoms with Gasteiger partial charge in [0, 0.05) is 21.5 Å². The number of benzene rings is 1. The van der Waals surface area contributed by atoms with Gasteiger partial charge < -0.3 is 14.8 Å². The molecule has 0 aliphatic rings. The molecule has 0 unspecified atom stereocenters. The molecule has 0 atom stereocenters. The standard InChI is InChI=1S/C19H17N3O4S2/c1-12-3-8-15(27-12)9-10-17(23)26-11-16-21-22-19(28-16)18(24)20-13-4-6-14(25-2)7-5-13/h3-10H,11H2,1-2H3,(H,20,24)/b10-9+. The highest BCUT2D eigenvalue weighted by molar-refractivity contribution is 7.13. The molecule has 2 aromatic heterocycles. The highest BCUT2D eigenvalue weighted by Gasteiger charge is 2.14. The Balaban J connectivity index is 1.50. The predicted molar refractivity (Wildman–Crippen MR) is 109 cm³/mol. The van der Waals surface area contributed by atoms with Gasteiger partial charge in [-0.3, -0.25) is 4.79 Å². The number of rotatable bonds is 7. The van der Waals surface area contributed by atoms with E-state index in [0.29, 0.717) is 16.4 Å². The van der Waals surface area contributed by atoms with E-state index in [1.165, 1.54) is 11.0 Å². The summed E-state index contributed by atoms with van der Waals surface area (Å²) >= 11 is 2.66. The van der Waals surface area contributed by atoms with E-state index in [2.05, 4.69) is 15.5 Å². The van der Waals surface area contributed by atoms with Gasteiger partial charge in [-0.25, -0.2) is 4.79 Å². The predicted octanol–water partition coefficient (Wildman–Crippen LogP) is 3.93. The molecule has 28 heavy (non-hydrogen) atoms. The third kappa shape index (κ3) is 5.48. The molecular formula is C19H17N3O4S2. The Morgan fingerprint density at radius 1 is 1.11 bits per heavy atom. The summed E-state index contributed by atoms with van der Waals surface area (Å²) in [6.07, 6.45) is 3.07. The maximum absolute atomic E-state index is 12.2. The van der Waals surface area contributed by atoms with Crippen molar-refractivity contribution in [3.63, 3.8) is 0 Å². The molecular weight excluding hydrogens is 398 g/mol. The third-order valence-corrected chi connectivity index (χ3v) is 5.35. The van der Waals surface area contributed by atoms with Crippen molar-refractivity contribution >= 4 is 46.3 Å². The van der Waals surface area contributed by atoms with Crippen LogP contribution >= 0.6 is 22.7 Å². The number of anilines is 1. The van der Waals surface area contributed by atoms with E-state index in [0.717, 1.165) is 16.2 Å². The molecule has 3 rings (SSSR count). The van der Waals surface area contributed by atoms with Crippen LogP contribution in [0.3, 0.4) is 0 Å². The molecule has 1 N–H and O–H groups in total. The summed E-state index contributed by atoms with van der Waals surface area (Å²) in [5.41, 5.74) is 0.614. The second kappa shape index (κ2) is 9.25. The fourth-order valence-electron chi connectivity index (χ4n) is 2.14. The smallest absolute Gasteiger partial charge is 0.331 e. The molecule has 1 amide bonds. The molecule has 0 saturated heterocycles. The summed E-state index contributed by atoms with van der Waals surface area (Å²) < 4.78 is 10.2. The van der Waals surface area contributed by atoms with Gasteiger partial charge in [-0.2, -0.15) is 0 Å². The highest BCUT2D eigenvalue weighted by atomic mass is 32.1. The van der Waals surface area contributed by atoms with Gasteiger partial charge in [-0.1, -0.05) is 11.3 Å². The number of nitrogens with zero attached hydrogens (tertiary/aromatic N) is 2. The molecule has 0 saturated carbocycles. The number of carbonyl (C=O) groups is 2. The first-order chi connectivity index (χ1) is 13.5. The van der Waals surface area contributed by atoms with E-state index in [1.54, 1.807) is 48.8 Å². The zero-order chi connectivity index (χ0) is 19.9. The van der Waals surface area contributed by atoms with Crippen molar-refractivity contribution in [3.8, 4) is 5.75 Å². The summed E-state index contributed by atoms with van der Waals surface area (Å²) in [6, 6.07) is 10.8. The van der Waals surface area contributed by atoms with Crippen LogP contribution in [0.15, 0.2) is 42.5 Å². The van der Waals surface area contributed by atoms with Crippen LogP contribution in [0.25, 0.3) is 6.08 Å². The molecule has 3 aromatic rings. The van der Waals surface area contributed by atoms with E-state index < -0.39 is 5.97 Å². The highest BCUT2D eigenvalue weighted by Crippen LogP contribution is 2.18. The maximum Gasteiger partial charge on any atom is 0.331 e. The number of hydrogen-bond donors (Lipinski definition) is 1. The van der Waals surface area contributed by atoms with Gasteiger partial charge in [0.25, 0.3) is 5.91 Å². The Kier molecular flexibility index (Phi) is 6.51. The molecule has 1 aromatic carbocycles. The first-order valence-corrected chi connectivity index (χ1v) is 9.86. The third-order valence-electron chi connectivity index (χ3n) is 3.49. The normalized spacial score (nSPS) is 10.8. The lowest BCUT2D eigenvalue weighted by Crippen LogP contribution is -2.11. The van der Waals surface area contributed by atoms with Gasteiger partial charge in [-0.05, 0) is 49.4 Å². The lowest BCUT2D eigenvalue weighted by atomic mass is 10.3. The number of thiophene rings is 1. The summed E-state index contributed by atoms with van der Waals surface area (Å²) in [7, 11) is 1.57. The fraction of sp³-hybridized carbons (Fsp3) is 0.158. The number of hydrogen-bond acceptors (Lipinski definition) is 8. The maximum atomic E-state index is 12.2. The number of aryl methyl sites for hydroxylation is 1. The van der Waals surface area contributed by atoms with E-state index in [4.69, 9.17) is 9.47 Å². The van der Waals surface area contributed by atoms with Crippen molar-refractivity contribution in [2.45, 2.75) is 13.5 Å². The molecule has 9 heteroatoms.